The molecule has 0 radical (unpaired) electrons. The van der Waals surface area contributed by atoms with Crippen LogP contribution in [0.15, 0.2) is 91.1 Å². The van der Waals surface area contributed by atoms with Gasteiger partial charge in [-0.2, -0.15) is 0 Å². The molecule has 0 spiro atoms. The zero-order chi connectivity index (χ0) is 27.7. The minimum absolute atomic E-state index is 0.0173. The number of fused-ring (bicyclic) bond motifs is 1. The highest BCUT2D eigenvalue weighted by molar-refractivity contribution is 5.83. The van der Waals surface area contributed by atoms with Gasteiger partial charge in [-0.1, -0.05) is 54.6 Å². The van der Waals surface area contributed by atoms with Crippen molar-refractivity contribution in [1.29, 1.82) is 0 Å². The van der Waals surface area contributed by atoms with Crippen LogP contribution in [0.5, 0.6) is 5.75 Å². The van der Waals surface area contributed by atoms with Crippen molar-refractivity contribution in [2.45, 2.75) is 25.0 Å². The number of hydrogen-bond donors (Lipinski definition) is 1. The number of anilines is 1. The van der Waals surface area contributed by atoms with Gasteiger partial charge in [0.05, 0.1) is 12.7 Å². The second kappa shape index (κ2) is 12.9. The molecule has 0 saturated carbocycles. The predicted molar refractivity (Wildman–Crippen MR) is 148 cm³/mol. The first-order chi connectivity index (χ1) is 19.5. The third-order valence-corrected chi connectivity index (χ3v) is 6.88. The first-order valence-electron chi connectivity index (χ1n) is 13.2. The Bertz CT molecular complexity index is 1430. The zero-order valence-electron chi connectivity index (χ0n) is 21.9. The van der Waals surface area contributed by atoms with Crippen molar-refractivity contribution >= 4 is 28.8 Å². The number of piperidine rings is 1. The minimum Gasteiger partial charge on any atom is -0.530 e. The van der Waals surface area contributed by atoms with E-state index in [-0.39, 0.29) is 31.8 Å². The van der Waals surface area contributed by atoms with Crippen molar-refractivity contribution in [3.8, 4) is 5.75 Å². The molecule has 5 rings (SSSR count). The molecular formula is C31H30N3O6-. The summed E-state index contributed by atoms with van der Waals surface area (Å²) in [6, 6.07) is 27.2. The van der Waals surface area contributed by atoms with Gasteiger partial charge in [0, 0.05) is 25.2 Å². The third kappa shape index (κ3) is 7.06. The Kier molecular flexibility index (Phi) is 8.73. The van der Waals surface area contributed by atoms with Gasteiger partial charge >= 0.3 is 6.09 Å². The van der Waals surface area contributed by atoms with Crippen molar-refractivity contribution in [1.82, 2.24) is 9.88 Å². The largest absolute Gasteiger partial charge is 0.530 e. The van der Waals surface area contributed by atoms with Crippen LogP contribution in [0.3, 0.4) is 0 Å². The number of pyridine rings is 1. The monoisotopic (exact) mass is 540 g/mol. The highest BCUT2D eigenvalue weighted by Crippen LogP contribution is 2.32. The summed E-state index contributed by atoms with van der Waals surface area (Å²) in [5.41, 5.74) is 2.07. The van der Waals surface area contributed by atoms with Gasteiger partial charge in [-0.15, -0.1) is 0 Å². The van der Waals surface area contributed by atoms with Crippen LogP contribution in [-0.2, 0) is 16.1 Å². The van der Waals surface area contributed by atoms with Crippen molar-refractivity contribution in [3.05, 3.63) is 102 Å². The molecule has 0 aliphatic carbocycles. The van der Waals surface area contributed by atoms with E-state index >= 15 is 0 Å². The quantitative estimate of drug-likeness (QED) is 0.309. The molecule has 1 aliphatic rings. The fourth-order valence-corrected chi connectivity index (χ4v) is 4.85. The molecule has 9 heteroatoms. The SMILES string of the molecule is O=C(Nc1ccccn1)OCCOc1ccc(C2CCN(C(=O)[O-])CC2OCc2ccc3ccccc3c2)cc1. The van der Waals surface area contributed by atoms with E-state index in [1.165, 1.54) is 4.90 Å². The lowest BCUT2D eigenvalue weighted by molar-refractivity contribution is -0.268. The van der Waals surface area contributed by atoms with Crippen LogP contribution in [0.1, 0.15) is 23.5 Å². The van der Waals surface area contributed by atoms with E-state index in [0.29, 0.717) is 31.1 Å². The van der Waals surface area contributed by atoms with Crippen LogP contribution < -0.4 is 15.2 Å². The maximum Gasteiger partial charge on any atom is 0.412 e. The molecule has 3 aromatic carbocycles. The second-order valence-electron chi connectivity index (χ2n) is 9.53. The molecule has 4 aromatic rings. The Labute approximate surface area is 232 Å². The van der Waals surface area contributed by atoms with Gasteiger partial charge in [0.1, 0.15) is 30.9 Å². The number of ether oxygens (including phenoxy) is 3. The fraction of sp³-hybridized carbons (Fsp3) is 0.258. The number of benzene rings is 3. The maximum atomic E-state index is 11.9. The summed E-state index contributed by atoms with van der Waals surface area (Å²) in [6.07, 6.45) is 0.0907. The number of carbonyl (C=O) groups excluding carboxylic acids is 2. The predicted octanol–water partition coefficient (Wildman–Crippen LogP) is 4.58. The van der Waals surface area contributed by atoms with E-state index in [4.69, 9.17) is 14.2 Å². The summed E-state index contributed by atoms with van der Waals surface area (Å²) in [6.45, 7) is 1.28. The first-order valence-corrected chi connectivity index (χ1v) is 13.2. The Balaban J connectivity index is 1.15. The van der Waals surface area contributed by atoms with E-state index in [1.807, 2.05) is 42.5 Å². The lowest BCUT2D eigenvalue weighted by Crippen LogP contribution is -2.51. The van der Waals surface area contributed by atoms with Gasteiger partial charge in [0.15, 0.2) is 0 Å². The number of nitrogens with zero attached hydrogens (tertiary/aromatic N) is 2. The number of amides is 2. The molecule has 1 N–H and O–H groups in total. The van der Waals surface area contributed by atoms with Crippen molar-refractivity contribution < 1.29 is 28.9 Å². The molecule has 40 heavy (non-hydrogen) atoms. The summed E-state index contributed by atoms with van der Waals surface area (Å²) in [7, 11) is 0. The van der Waals surface area contributed by atoms with Crippen LogP contribution in [0.2, 0.25) is 0 Å². The summed E-state index contributed by atoms with van der Waals surface area (Å²) in [5.74, 6) is 1.07. The molecule has 0 bridgehead atoms. The van der Waals surface area contributed by atoms with Gasteiger partial charge in [-0.05, 0) is 58.7 Å². The van der Waals surface area contributed by atoms with Crippen LogP contribution in [0.4, 0.5) is 15.4 Å². The van der Waals surface area contributed by atoms with E-state index in [0.717, 1.165) is 21.9 Å². The Morgan fingerprint density at radius 2 is 1.75 bits per heavy atom. The molecule has 1 fully saturated rings. The molecule has 1 aromatic heterocycles. The summed E-state index contributed by atoms with van der Waals surface area (Å²) in [4.78, 5) is 28.7. The summed E-state index contributed by atoms with van der Waals surface area (Å²) in [5, 5.41) is 16.4. The highest BCUT2D eigenvalue weighted by atomic mass is 16.6. The number of aromatic nitrogens is 1. The minimum atomic E-state index is -1.18. The van der Waals surface area contributed by atoms with E-state index in [1.54, 1.807) is 24.4 Å². The molecule has 2 unspecified atom stereocenters. The summed E-state index contributed by atoms with van der Waals surface area (Å²) < 4.78 is 17.2. The summed E-state index contributed by atoms with van der Waals surface area (Å²) >= 11 is 0. The number of hydrogen-bond acceptors (Lipinski definition) is 7. The van der Waals surface area contributed by atoms with Crippen LogP contribution >= 0.6 is 0 Å². The normalized spacial score (nSPS) is 16.9. The van der Waals surface area contributed by atoms with E-state index in [9.17, 15) is 14.7 Å². The van der Waals surface area contributed by atoms with Crippen LogP contribution in [0.25, 0.3) is 10.8 Å². The highest BCUT2D eigenvalue weighted by Gasteiger charge is 2.31. The molecule has 9 nitrogen and oxygen atoms in total. The topological polar surface area (TPSA) is 113 Å². The Hall–Kier alpha value is -4.63. The third-order valence-electron chi connectivity index (χ3n) is 6.88. The van der Waals surface area contributed by atoms with Crippen molar-refractivity contribution in [3.63, 3.8) is 0 Å². The Morgan fingerprint density at radius 3 is 2.52 bits per heavy atom. The lowest BCUT2D eigenvalue weighted by Gasteiger charge is -2.40. The number of rotatable bonds is 9. The number of carbonyl (C=O) groups is 2. The number of carboxylic acid groups (broad SMARTS) is 1. The molecule has 2 atom stereocenters. The molecule has 1 aliphatic heterocycles. The molecule has 1 saturated heterocycles. The van der Waals surface area contributed by atoms with Crippen molar-refractivity contribution in [2.24, 2.45) is 0 Å². The van der Waals surface area contributed by atoms with Crippen LogP contribution in [-0.4, -0.2) is 54.5 Å². The molecule has 2 heterocycles. The second-order valence-corrected chi connectivity index (χ2v) is 9.53. The van der Waals surface area contributed by atoms with Gasteiger partial charge in [-0.25, -0.2) is 9.78 Å². The first kappa shape index (κ1) is 27.0. The number of likely N-dealkylation sites (tertiary alicyclic amines) is 1. The van der Waals surface area contributed by atoms with E-state index < -0.39 is 12.2 Å². The smallest absolute Gasteiger partial charge is 0.412 e. The van der Waals surface area contributed by atoms with Crippen molar-refractivity contribution in [2.75, 3.05) is 31.6 Å². The average Bonchev–Trinajstić information content (AvgIpc) is 2.99. The number of nitrogens with one attached hydrogen (secondary N) is 1. The van der Waals surface area contributed by atoms with Gasteiger partial charge in [0.25, 0.3) is 0 Å². The lowest BCUT2D eigenvalue weighted by atomic mass is 9.87. The standard InChI is InChI=1S/C31H31N3O6/c35-30(33-29-7-3-4-15-32-29)39-18-17-38-26-12-10-24(11-13-26)27-14-16-34(31(36)37)20-28(27)40-21-22-8-9-23-5-1-2-6-25(23)19-22/h1-13,15,19,27-28H,14,16-18,20-21H2,(H,36,37)(H,32,33,35)/p-1. The van der Waals surface area contributed by atoms with Crippen LogP contribution in [0, 0.1) is 0 Å². The Morgan fingerprint density at radius 1 is 0.950 bits per heavy atom. The average molecular weight is 541 g/mol. The van der Waals surface area contributed by atoms with Gasteiger partial charge in [0.2, 0.25) is 0 Å². The maximum absolute atomic E-state index is 11.9. The molecule has 206 valence electrons. The van der Waals surface area contributed by atoms with E-state index in [2.05, 4.69) is 34.6 Å². The zero-order valence-corrected chi connectivity index (χ0v) is 21.9. The molecule has 2 amide bonds. The molecular weight excluding hydrogens is 510 g/mol. The fourth-order valence-electron chi connectivity index (χ4n) is 4.85. The van der Waals surface area contributed by atoms with Gasteiger partial charge < -0.3 is 29.0 Å². The van der Waals surface area contributed by atoms with Gasteiger partial charge in [-0.3, -0.25) is 5.32 Å².